The molecule has 0 aliphatic carbocycles. The van der Waals surface area contributed by atoms with Gasteiger partial charge in [-0.1, -0.05) is 0 Å². The molecule has 0 saturated carbocycles. The molecule has 0 atom stereocenters. The standard InChI is InChI=1S/C20H22N4O4/c1-23-9-11-24(12-10-23)13-17(25)14-4-6-15(7-5-14)22-19(26)16-3-2-8-21-18(16)20(27)28/h2-8H,9-13H2,1H3,(H,22,26)(H,27,28). The van der Waals surface area contributed by atoms with E-state index in [0.717, 1.165) is 26.2 Å². The smallest absolute Gasteiger partial charge is 0.355 e. The summed E-state index contributed by atoms with van der Waals surface area (Å²) in [5.74, 6) is -1.81. The van der Waals surface area contributed by atoms with Crippen molar-refractivity contribution in [2.75, 3.05) is 45.1 Å². The third-order valence-corrected chi connectivity index (χ3v) is 4.68. The van der Waals surface area contributed by atoms with Crippen LogP contribution < -0.4 is 5.32 Å². The average molecular weight is 382 g/mol. The number of benzene rings is 1. The molecule has 1 aromatic heterocycles. The summed E-state index contributed by atoms with van der Waals surface area (Å²) in [6.07, 6.45) is 1.32. The zero-order valence-electron chi connectivity index (χ0n) is 15.6. The Morgan fingerprint density at radius 3 is 2.39 bits per heavy atom. The molecular formula is C20H22N4O4. The maximum Gasteiger partial charge on any atom is 0.355 e. The zero-order chi connectivity index (χ0) is 20.1. The molecule has 2 heterocycles. The number of likely N-dealkylation sites (N-methyl/N-ethyl adjacent to an activating group) is 1. The van der Waals surface area contributed by atoms with Crippen molar-refractivity contribution in [3.05, 3.63) is 59.4 Å². The monoisotopic (exact) mass is 382 g/mol. The Hall–Kier alpha value is -3.10. The maximum atomic E-state index is 12.5. The second-order valence-corrected chi connectivity index (χ2v) is 6.74. The molecular weight excluding hydrogens is 360 g/mol. The van der Waals surface area contributed by atoms with Crippen LogP contribution in [0.15, 0.2) is 42.6 Å². The van der Waals surface area contributed by atoms with E-state index < -0.39 is 11.9 Å². The number of carboxylic acid groups (broad SMARTS) is 1. The number of anilines is 1. The Labute approximate surface area is 162 Å². The van der Waals surface area contributed by atoms with E-state index in [1.807, 2.05) is 0 Å². The van der Waals surface area contributed by atoms with Gasteiger partial charge in [-0.25, -0.2) is 9.78 Å². The van der Waals surface area contributed by atoms with Gasteiger partial charge in [-0.2, -0.15) is 0 Å². The van der Waals surface area contributed by atoms with Crippen molar-refractivity contribution < 1.29 is 19.5 Å². The molecule has 1 aliphatic heterocycles. The van der Waals surface area contributed by atoms with Crippen LogP contribution in [0.3, 0.4) is 0 Å². The highest BCUT2D eigenvalue weighted by molar-refractivity contribution is 6.10. The lowest BCUT2D eigenvalue weighted by atomic mass is 10.1. The summed E-state index contributed by atoms with van der Waals surface area (Å²) in [6, 6.07) is 9.49. The summed E-state index contributed by atoms with van der Waals surface area (Å²) in [7, 11) is 2.07. The minimum atomic E-state index is -1.27. The molecule has 1 aliphatic rings. The van der Waals surface area contributed by atoms with E-state index in [9.17, 15) is 14.4 Å². The molecule has 3 rings (SSSR count). The van der Waals surface area contributed by atoms with Gasteiger partial charge >= 0.3 is 5.97 Å². The zero-order valence-corrected chi connectivity index (χ0v) is 15.6. The maximum absolute atomic E-state index is 12.5. The van der Waals surface area contributed by atoms with Crippen LogP contribution in [0.4, 0.5) is 5.69 Å². The number of hydrogen-bond acceptors (Lipinski definition) is 6. The van der Waals surface area contributed by atoms with Gasteiger partial charge < -0.3 is 15.3 Å². The van der Waals surface area contributed by atoms with E-state index in [0.29, 0.717) is 17.8 Å². The SMILES string of the molecule is CN1CCN(CC(=O)c2ccc(NC(=O)c3cccnc3C(=O)O)cc2)CC1. The van der Waals surface area contributed by atoms with Crippen LogP contribution in [0, 0.1) is 0 Å². The topological polar surface area (TPSA) is 103 Å². The predicted octanol–water partition coefficient (Wildman–Crippen LogP) is 1.46. The second-order valence-electron chi connectivity index (χ2n) is 6.74. The number of Topliss-reactive ketones (excluding diaryl/α,β-unsaturated/α-hetero) is 1. The fourth-order valence-corrected chi connectivity index (χ4v) is 3.00. The number of aromatic carboxylic acids is 1. The molecule has 1 amide bonds. The highest BCUT2D eigenvalue weighted by Crippen LogP contribution is 2.14. The summed E-state index contributed by atoms with van der Waals surface area (Å²) in [6.45, 7) is 4.01. The molecule has 1 fully saturated rings. The van der Waals surface area contributed by atoms with Crippen molar-refractivity contribution >= 4 is 23.3 Å². The third-order valence-electron chi connectivity index (χ3n) is 4.68. The van der Waals surface area contributed by atoms with Crippen LogP contribution in [-0.2, 0) is 0 Å². The first kappa shape index (κ1) is 19.7. The number of aromatic nitrogens is 1. The molecule has 1 aromatic carbocycles. The van der Waals surface area contributed by atoms with E-state index in [4.69, 9.17) is 5.11 Å². The minimum absolute atomic E-state index is 0.0229. The number of carbonyl (C=O) groups excluding carboxylic acids is 2. The number of carbonyl (C=O) groups is 3. The largest absolute Gasteiger partial charge is 0.476 e. The highest BCUT2D eigenvalue weighted by Gasteiger charge is 2.19. The van der Waals surface area contributed by atoms with Gasteiger partial charge in [-0.05, 0) is 43.4 Å². The normalized spacial score (nSPS) is 15.2. The van der Waals surface area contributed by atoms with Gasteiger partial charge in [0.1, 0.15) is 0 Å². The Balaban J connectivity index is 1.62. The van der Waals surface area contributed by atoms with E-state index in [1.54, 1.807) is 24.3 Å². The van der Waals surface area contributed by atoms with Crippen molar-refractivity contribution in [1.82, 2.24) is 14.8 Å². The molecule has 1 saturated heterocycles. The molecule has 28 heavy (non-hydrogen) atoms. The van der Waals surface area contributed by atoms with Gasteiger partial charge in [-0.3, -0.25) is 14.5 Å². The number of carboxylic acids is 1. The number of nitrogens with zero attached hydrogens (tertiary/aromatic N) is 3. The number of ketones is 1. The molecule has 0 radical (unpaired) electrons. The van der Waals surface area contributed by atoms with Gasteiger partial charge in [0.25, 0.3) is 5.91 Å². The highest BCUT2D eigenvalue weighted by atomic mass is 16.4. The Morgan fingerprint density at radius 1 is 1.07 bits per heavy atom. The van der Waals surface area contributed by atoms with Gasteiger partial charge in [0, 0.05) is 43.6 Å². The lowest BCUT2D eigenvalue weighted by Gasteiger charge is -2.31. The molecule has 2 N–H and O–H groups in total. The first-order valence-corrected chi connectivity index (χ1v) is 8.98. The second kappa shape index (κ2) is 8.73. The van der Waals surface area contributed by atoms with Gasteiger partial charge in [0.2, 0.25) is 0 Å². The van der Waals surface area contributed by atoms with E-state index in [-0.39, 0.29) is 17.0 Å². The Morgan fingerprint density at radius 2 is 1.75 bits per heavy atom. The summed E-state index contributed by atoms with van der Waals surface area (Å²) >= 11 is 0. The fraction of sp³-hybridized carbons (Fsp3) is 0.300. The molecule has 8 heteroatoms. The number of rotatable bonds is 6. The Bertz CT molecular complexity index is 874. The van der Waals surface area contributed by atoms with Crippen molar-refractivity contribution in [2.45, 2.75) is 0 Å². The summed E-state index contributed by atoms with van der Waals surface area (Å²) in [5.41, 5.74) is 0.718. The number of nitrogens with one attached hydrogen (secondary N) is 1. The van der Waals surface area contributed by atoms with Gasteiger partial charge in [-0.15, -0.1) is 0 Å². The molecule has 0 unspecified atom stereocenters. The summed E-state index contributed by atoms with van der Waals surface area (Å²) in [4.78, 5) is 44.1. The van der Waals surface area contributed by atoms with Gasteiger partial charge in [0.15, 0.2) is 11.5 Å². The van der Waals surface area contributed by atoms with Crippen LogP contribution >= 0.6 is 0 Å². The lowest BCUT2D eigenvalue weighted by Crippen LogP contribution is -2.46. The van der Waals surface area contributed by atoms with Crippen LogP contribution in [0.1, 0.15) is 31.2 Å². The molecule has 0 bridgehead atoms. The molecule has 8 nitrogen and oxygen atoms in total. The summed E-state index contributed by atoms with van der Waals surface area (Å²) < 4.78 is 0. The molecule has 0 spiro atoms. The lowest BCUT2D eigenvalue weighted by molar-refractivity contribution is 0.0685. The van der Waals surface area contributed by atoms with Crippen molar-refractivity contribution in [3.8, 4) is 0 Å². The minimum Gasteiger partial charge on any atom is -0.476 e. The van der Waals surface area contributed by atoms with Gasteiger partial charge in [0.05, 0.1) is 12.1 Å². The number of amides is 1. The van der Waals surface area contributed by atoms with Crippen LogP contribution in [-0.4, -0.2) is 77.3 Å². The quantitative estimate of drug-likeness (QED) is 0.729. The van der Waals surface area contributed by atoms with Crippen molar-refractivity contribution in [3.63, 3.8) is 0 Å². The third kappa shape index (κ3) is 4.79. The fourth-order valence-electron chi connectivity index (χ4n) is 3.00. The molecule has 146 valence electrons. The van der Waals surface area contributed by atoms with E-state index >= 15 is 0 Å². The summed E-state index contributed by atoms with van der Waals surface area (Å²) in [5, 5.41) is 11.8. The Kier molecular flexibility index (Phi) is 6.13. The molecule has 2 aromatic rings. The number of hydrogen-bond donors (Lipinski definition) is 2. The van der Waals surface area contributed by atoms with Crippen LogP contribution in [0.2, 0.25) is 0 Å². The van der Waals surface area contributed by atoms with Crippen LogP contribution in [0.25, 0.3) is 0 Å². The van der Waals surface area contributed by atoms with Crippen LogP contribution in [0.5, 0.6) is 0 Å². The number of piperazine rings is 1. The first-order chi connectivity index (χ1) is 13.4. The average Bonchev–Trinajstić information content (AvgIpc) is 2.70. The van der Waals surface area contributed by atoms with E-state index in [1.165, 1.54) is 18.3 Å². The van der Waals surface area contributed by atoms with Crippen molar-refractivity contribution in [2.24, 2.45) is 0 Å². The van der Waals surface area contributed by atoms with Crippen molar-refractivity contribution in [1.29, 1.82) is 0 Å². The number of pyridine rings is 1. The first-order valence-electron chi connectivity index (χ1n) is 8.98. The predicted molar refractivity (Wildman–Crippen MR) is 104 cm³/mol. The van der Waals surface area contributed by atoms with E-state index in [2.05, 4.69) is 27.1 Å².